The molecule has 0 aliphatic carbocycles. The van der Waals surface area contributed by atoms with Gasteiger partial charge in [-0.05, 0) is 103 Å². The number of aryl methyl sites for hydroxylation is 2. The van der Waals surface area contributed by atoms with Crippen LogP contribution in [0.5, 0.6) is 0 Å². The number of aliphatic hydroxyl groups excluding tert-OH is 1. The summed E-state index contributed by atoms with van der Waals surface area (Å²) in [7, 11) is 0. The van der Waals surface area contributed by atoms with Crippen LogP contribution in [0.4, 0.5) is 30.4 Å². The van der Waals surface area contributed by atoms with E-state index in [-0.39, 0.29) is 73.8 Å². The fraction of sp³-hybridized carbons (Fsp3) is 0.373. The van der Waals surface area contributed by atoms with Crippen molar-refractivity contribution < 1.29 is 47.0 Å². The molecule has 4 aromatic carbocycles. The molecule has 0 saturated carbocycles. The normalized spacial score (nSPS) is 16.0. The van der Waals surface area contributed by atoms with Crippen LogP contribution in [0.2, 0.25) is 0 Å². The summed E-state index contributed by atoms with van der Waals surface area (Å²) in [6.45, 7) is 11.0. The average molecular weight is 1140 g/mol. The molecule has 19 nitrogen and oxygen atoms in total. The maximum Gasteiger partial charge on any atom is 0.416 e. The van der Waals surface area contributed by atoms with Crippen molar-refractivity contribution in [3.8, 4) is 21.6 Å². The monoisotopic (exact) mass is 1140 g/mol. The minimum atomic E-state index is -4.55. The van der Waals surface area contributed by atoms with Gasteiger partial charge in [0.05, 0.1) is 39.5 Å². The molecule has 2 aliphatic rings. The molecule has 430 valence electrons. The number of likely N-dealkylation sites (tertiary alicyclic amines) is 1. The molecule has 23 heteroatoms. The Hall–Kier alpha value is -8.44. The van der Waals surface area contributed by atoms with Crippen molar-refractivity contribution in [3.05, 3.63) is 131 Å². The summed E-state index contributed by atoms with van der Waals surface area (Å²) in [5.41, 5.74) is 6.57. The predicted octanol–water partition coefficient (Wildman–Crippen LogP) is 8.09. The standard InChI is InChI=1S/C59H65F3N12O7S/c1-35-10-18-42(27-46(35)59(60,61)62)66-50(77)33-73-31-41(30-65-73)40-17-21-45-47(26-40)69-70-54(45)68-55(79)39-15-19-43(20-16-39)71-22-24-72(25-23-71)51(78)9-7-6-8-49(76)67-53(58(3,4)5)57(81)74-32-44(75)28-48(74)56(80)63-29-37-11-13-38(14-12-37)52-36(2)64-34-82-52/h10-21,26-27,30-31,34,44,48,53,75H,6-9,22-25,28-29,32-33H2,1-5H3,(H,63,80)(H,66,77)(H,67,76)(H2,68,69,70,79)/t44-,48+,53-/m1/s1. The van der Waals surface area contributed by atoms with E-state index in [9.17, 15) is 47.0 Å². The van der Waals surface area contributed by atoms with Gasteiger partial charge in [0.15, 0.2) is 5.82 Å². The molecule has 6 N–H and O–H groups in total. The van der Waals surface area contributed by atoms with Gasteiger partial charge in [0.25, 0.3) is 5.91 Å². The maximum atomic E-state index is 14.1. The number of unbranched alkanes of at least 4 members (excludes halogenated alkanes) is 1. The fourth-order valence-electron chi connectivity index (χ4n) is 10.2. The van der Waals surface area contributed by atoms with E-state index in [0.717, 1.165) is 39.0 Å². The van der Waals surface area contributed by atoms with Gasteiger partial charge in [-0.25, -0.2) is 4.98 Å². The summed E-state index contributed by atoms with van der Waals surface area (Å²) in [5.74, 6) is -1.77. The summed E-state index contributed by atoms with van der Waals surface area (Å²) in [4.78, 5) is 91.1. The lowest BCUT2D eigenvalue weighted by molar-refractivity contribution is -0.144. The van der Waals surface area contributed by atoms with Gasteiger partial charge in [-0.15, -0.1) is 11.3 Å². The number of benzene rings is 4. The molecule has 0 bridgehead atoms. The average Bonchev–Trinajstić information content (AvgIpc) is 4.46. The summed E-state index contributed by atoms with van der Waals surface area (Å²) >= 11 is 1.56. The molecule has 2 aliphatic heterocycles. The highest BCUT2D eigenvalue weighted by Crippen LogP contribution is 2.34. The number of carbonyl (C=O) groups is 6. The van der Waals surface area contributed by atoms with E-state index in [1.165, 1.54) is 28.6 Å². The number of nitrogens with zero attached hydrogens (tertiary/aromatic N) is 7. The summed E-state index contributed by atoms with van der Waals surface area (Å²) in [6.07, 6.45) is -0.893. The van der Waals surface area contributed by atoms with E-state index in [1.807, 2.05) is 81.1 Å². The van der Waals surface area contributed by atoms with Crippen LogP contribution in [0.3, 0.4) is 0 Å². The molecule has 0 spiro atoms. The van der Waals surface area contributed by atoms with Gasteiger partial charge in [0, 0.05) is 92.6 Å². The van der Waals surface area contributed by atoms with Crippen molar-refractivity contribution in [1.29, 1.82) is 0 Å². The third-order valence-corrected chi connectivity index (χ3v) is 15.8. The second-order valence-electron chi connectivity index (χ2n) is 21.9. The van der Waals surface area contributed by atoms with E-state index in [2.05, 4.69) is 46.4 Å². The Morgan fingerprint density at radius 1 is 0.829 bits per heavy atom. The molecule has 2 fully saturated rings. The predicted molar refractivity (Wildman–Crippen MR) is 305 cm³/mol. The maximum absolute atomic E-state index is 14.1. The SMILES string of the molecule is Cc1ccc(NC(=O)Cn2cc(-c3ccc4c(NC(=O)c5ccc(N6CCN(C(=O)CCCCC(=O)N[C@H](C(=O)N7C[C@H](O)C[C@H]7C(=O)NCc7ccc(-c8scnc8C)cc7)C(C)(C)C)CC6)cc5)n[nH]c4c3)cn2)cc1C(F)(F)F. The fourth-order valence-corrected chi connectivity index (χ4v) is 11.0. The van der Waals surface area contributed by atoms with Crippen LogP contribution < -0.4 is 26.2 Å². The number of amides is 6. The number of nitrogens with one attached hydrogen (secondary N) is 5. The number of alkyl halides is 3. The zero-order chi connectivity index (χ0) is 58.5. The van der Waals surface area contributed by atoms with E-state index in [0.29, 0.717) is 66.9 Å². The highest BCUT2D eigenvalue weighted by atomic mass is 32.1. The lowest BCUT2D eigenvalue weighted by atomic mass is 9.85. The Kier molecular flexibility index (Phi) is 17.6. The smallest absolute Gasteiger partial charge is 0.391 e. The van der Waals surface area contributed by atoms with Crippen molar-refractivity contribution in [2.24, 2.45) is 5.41 Å². The van der Waals surface area contributed by atoms with E-state index >= 15 is 0 Å². The number of H-pyrrole nitrogens is 1. The second-order valence-corrected chi connectivity index (χ2v) is 22.7. The molecule has 6 amide bonds. The number of aromatic amines is 1. The van der Waals surface area contributed by atoms with Gasteiger partial charge in [-0.1, -0.05) is 57.2 Å². The first-order chi connectivity index (χ1) is 39.1. The molecule has 3 aromatic heterocycles. The number of carbonyl (C=O) groups excluding carboxylic acids is 6. The van der Waals surface area contributed by atoms with Crippen molar-refractivity contribution in [1.82, 2.24) is 45.4 Å². The number of thiazole rings is 1. The summed E-state index contributed by atoms with van der Waals surface area (Å²) in [6, 6.07) is 22.2. The first-order valence-electron chi connectivity index (χ1n) is 27.1. The Morgan fingerprint density at radius 3 is 2.24 bits per heavy atom. The highest BCUT2D eigenvalue weighted by molar-refractivity contribution is 7.13. The molecule has 2 saturated heterocycles. The van der Waals surface area contributed by atoms with Crippen LogP contribution in [-0.2, 0) is 43.2 Å². The lowest BCUT2D eigenvalue weighted by Crippen LogP contribution is -2.57. The van der Waals surface area contributed by atoms with Crippen molar-refractivity contribution >= 4 is 74.9 Å². The minimum absolute atomic E-state index is 0.0123. The van der Waals surface area contributed by atoms with Crippen LogP contribution >= 0.6 is 11.3 Å². The number of aliphatic hydroxyl groups is 1. The Balaban J connectivity index is 0.688. The largest absolute Gasteiger partial charge is 0.416 e. The second kappa shape index (κ2) is 24.7. The number of anilines is 3. The van der Waals surface area contributed by atoms with Crippen LogP contribution in [0, 0.1) is 19.3 Å². The molecular formula is C59H65F3N12O7S. The first kappa shape index (κ1) is 58.2. The zero-order valence-corrected chi connectivity index (χ0v) is 46.9. The third kappa shape index (κ3) is 14.0. The molecule has 82 heavy (non-hydrogen) atoms. The summed E-state index contributed by atoms with van der Waals surface area (Å²) < 4.78 is 41.5. The van der Waals surface area contributed by atoms with Gasteiger partial charge >= 0.3 is 6.18 Å². The number of aromatic nitrogens is 5. The number of fused-ring (bicyclic) bond motifs is 1. The number of β-amino-alcohol motifs (C(OH)–C–C–N with tert-alkyl or cyclic N) is 1. The first-order valence-corrected chi connectivity index (χ1v) is 27.9. The Bertz CT molecular complexity index is 3470. The molecule has 7 aromatic rings. The molecule has 0 unspecified atom stereocenters. The molecule has 3 atom stereocenters. The van der Waals surface area contributed by atoms with Crippen LogP contribution in [-0.4, -0.2) is 126 Å². The molecule has 0 radical (unpaired) electrons. The number of piperazine rings is 1. The quantitative estimate of drug-likeness (QED) is 0.0449. The number of halogens is 3. The lowest BCUT2D eigenvalue weighted by Gasteiger charge is -2.36. The Morgan fingerprint density at radius 2 is 1.55 bits per heavy atom. The van der Waals surface area contributed by atoms with Gasteiger partial charge in [0.2, 0.25) is 29.5 Å². The summed E-state index contributed by atoms with van der Waals surface area (Å²) in [5, 5.41) is 34.0. The van der Waals surface area contributed by atoms with Gasteiger partial charge in [-0.3, -0.25) is 38.5 Å². The van der Waals surface area contributed by atoms with Crippen LogP contribution in [0.1, 0.15) is 85.6 Å². The van der Waals surface area contributed by atoms with Crippen molar-refractivity contribution in [2.75, 3.05) is 48.3 Å². The third-order valence-electron chi connectivity index (χ3n) is 14.8. The van der Waals surface area contributed by atoms with Gasteiger partial charge < -0.3 is 41.1 Å². The number of rotatable bonds is 18. The van der Waals surface area contributed by atoms with E-state index < -0.39 is 47.2 Å². The Labute approximate surface area is 475 Å². The topological polar surface area (TPSA) is 240 Å². The molecular weight excluding hydrogens is 1080 g/mol. The van der Waals surface area contributed by atoms with Gasteiger partial charge in [-0.2, -0.15) is 23.4 Å². The van der Waals surface area contributed by atoms with Crippen molar-refractivity contribution in [3.63, 3.8) is 0 Å². The van der Waals surface area contributed by atoms with E-state index in [4.69, 9.17) is 0 Å². The van der Waals surface area contributed by atoms with Crippen LogP contribution in [0.25, 0.3) is 32.5 Å². The minimum Gasteiger partial charge on any atom is -0.391 e. The highest BCUT2D eigenvalue weighted by Gasteiger charge is 2.44. The number of hydrogen-bond donors (Lipinski definition) is 6. The molecule has 9 rings (SSSR count). The van der Waals surface area contributed by atoms with Crippen LogP contribution in [0.15, 0.2) is 103 Å². The number of hydrogen-bond acceptors (Lipinski definition) is 12. The van der Waals surface area contributed by atoms with Crippen molar-refractivity contribution in [2.45, 2.75) is 104 Å². The van der Waals surface area contributed by atoms with E-state index in [1.54, 1.807) is 47.4 Å². The van der Waals surface area contributed by atoms with Gasteiger partial charge in [0.1, 0.15) is 18.6 Å². The zero-order valence-electron chi connectivity index (χ0n) is 46.1. The molecule has 5 heterocycles.